The maximum Gasteiger partial charge on any atom is 0.238 e. The van der Waals surface area contributed by atoms with E-state index in [2.05, 4.69) is 11.2 Å². The van der Waals surface area contributed by atoms with E-state index in [1.807, 2.05) is 6.92 Å². The zero-order chi connectivity index (χ0) is 13.8. The van der Waals surface area contributed by atoms with E-state index >= 15 is 0 Å². The first-order chi connectivity index (χ1) is 8.38. The van der Waals surface area contributed by atoms with Gasteiger partial charge in [0.1, 0.15) is 5.82 Å². The van der Waals surface area contributed by atoms with E-state index in [0.717, 1.165) is 12.5 Å². The van der Waals surface area contributed by atoms with Crippen LogP contribution in [0.5, 0.6) is 0 Å². The maximum absolute atomic E-state index is 13.7. The average Bonchev–Trinajstić information content (AvgIpc) is 2.29. The summed E-state index contributed by atoms with van der Waals surface area (Å²) in [6.45, 7) is 1.92. The van der Waals surface area contributed by atoms with E-state index in [1.165, 1.54) is 12.1 Å². The van der Waals surface area contributed by atoms with Gasteiger partial charge in [0.05, 0.1) is 10.6 Å². The second kappa shape index (κ2) is 5.85. The molecule has 0 aromatic heterocycles. The van der Waals surface area contributed by atoms with E-state index in [1.54, 1.807) is 0 Å². The van der Waals surface area contributed by atoms with Gasteiger partial charge in [0, 0.05) is 12.5 Å². The molecular weight excluding hydrogens is 255 g/mol. The molecule has 0 heterocycles. The van der Waals surface area contributed by atoms with Crippen LogP contribution < -0.4 is 10.5 Å². The summed E-state index contributed by atoms with van der Waals surface area (Å²) in [5, 5.41) is 7.83. The predicted octanol–water partition coefficient (Wildman–Crippen LogP) is 1.69. The highest BCUT2D eigenvalue weighted by atomic mass is 32.2. The highest BCUT2D eigenvalue weighted by Crippen LogP contribution is 2.20. The van der Waals surface area contributed by atoms with Gasteiger partial charge in [0.25, 0.3) is 0 Å². The summed E-state index contributed by atoms with van der Waals surface area (Å²) < 4.78 is 35.8. The van der Waals surface area contributed by atoms with Crippen molar-refractivity contribution >= 4 is 15.7 Å². The van der Waals surface area contributed by atoms with Gasteiger partial charge in [-0.05, 0) is 24.6 Å². The van der Waals surface area contributed by atoms with Gasteiger partial charge in [-0.15, -0.1) is 12.3 Å². The lowest BCUT2D eigenvalue weighted by molar-refractivity contribution is 0.592. The van der Waals surface area contributed by atoms with Crippen molar-refractivity contribution in [2.75, 3.05) is 5.32 Å². The van der Waals surface area contributed by atoms with E-state index in [-0.39, 0.29) is 16.6 Å². The minimum atomic E-state index is -3.89. The Balaban J connectivity index is 2.97. The Morgan fingerprint density at radius 2 is 2.22 bits per heavy atom. The largest absolute Gasteiger partial charge is 0.379 e. The summed E-state index contributed by atoms with van der Waals surface area (Å²) >= 11 is 0. The van der Waals surface area contributed by atoms with Gasteiger partial charge in [0.15, 0.2) is 0 Å². The van der Waals surface area contributed by atoms with Crippen LogP contribution in [0.3, 0.4) is 0 Å². The molecule has 0 amide bonds. The number of hydrogen-bond donors (Lipinski definition) is 2. The molecule has 0 aliphatic rings. The van der Waals surface area contributed by atoms with Crippen LogP contribution in [0.25, 0.3) is 0 Å². The molecule has 0 saturated heterocycles. The average molecular weight is 270 g/mol. The molecule has 3 N–H and O–H groups in total. The summed E-state index contributed by atoms with van der Waals surface area (Å²) in [5.74, 6) is 1.82. The van der Waals surface area contributed by atoms with Crippen LogP contribution in [0, 0.1) is 18.2 Å². The summed E-state index contributed by atoms with van der Waals surface area (Å²) in [6.07, 6.45) is 6.40. The van der Waals surface area contributed by atoms with Gasteiger partial charge in [-0.25, -0.2) is 17.9 Å². The van der Waals surface area contributed by atoms with Crippen LogP contribution in [0.1, 0.15) is 19.8 Å². The van der Waals surface area contributed by atoms with E-state index in [0.29, 0.717) is 6.42 Å². The van der Waals surface area contributed by atoms with Gasteiger partial charge >= 0.3 is 0 Å². The highest BCUT2D eigenvalue weighted by molar-refractivity contribution is 7.89. The number of primary sulfonamides is 1. The molecule has 0 spiro atoms. The monoisotopic (exact) mass is 270 g/mol. The highest BCUT2D eigenvalue weighted by Gasteiger charge is 2.13. The summed E-state index contributed by atoms with van der Waals surface area (Å²) in [7, 11) is -3.89. The Morgan fingerprint density at radius 3 is 2.67 bits per heavy atom. The fourth-order valence-corrected chi connectivity index (χ4v) is 1.97. The van der Waals surface area contributed by atoms with Crippen molar-refractivity contribution in [3.05, 3.63) is 24.0 Å². The number of nitrogens with one attached hydrogen (secondary N) is 1. The molecule has 1 rings (SSSR count). The SMILES string of the molecule is C#CCC(CC)Nc1ccc(S(N)(=O)=O)cc1F. The van der Waals surface area contributed by atoms with E-state index < -0.39 is 15.8 Å². The smallest absolute Gasteiger partial charge is 0.238 e. The first-order valence-corrected chi connectivity index (χ1v) is 6.95. The molecular formula is C12H15FN2O2S. The van der Waals surface area contributed by atoms with Gasteiger partial charge in [-0.3, -0.25) is 0 Å². The van der Waals surface area contributed by atoms with Crippen LogP contribution in [0.4, 0.5) is 10.1 Å². The van der Waals surface area contributed by atoms with E-state index in [4.69, 9.17) is 11.6 Å². The van der Waals surface area contributed by atoms with Crippen molar-refractivity contribution in [3.8, 4) is 12.3 Å². The number of sulfonamides is 1. The molecule has 0 aliphatic heterocycles. The summed E-state index contributed by atoms with van der Waals surface area (Å²) in [5.41, 5.74) is 0.213. The zero-order valence-electron chi connectivity index (χ0n) is 9.98. The molecule has 1 aromatic carbocycles. The van der Waals surface area contributed by atoms with Crippen molar-refractivity contribution in [1.29, 1.82) is 0 Å². The van der Waals surface area contributed by atoms with Crippen molar-refractivity contribution in [3.63, 3.8) is 0 Å². The molecule has 0 bridgehead atoms. The molecule has 0 saturated carbocycles. The predicted molar refractivity (Wildman–Crippen MR) is 68.9 cm³/mol. The topological polar surface area (TPSA) is 72.2 Å². The third-order valence-corrected chi connectivity index (χ3v) is 3.40. The Morgan fingerprint density at radius 1 is 1.56 bits per heavy atom. The summed E-state index contributed by atoms with van der Waals surface area (Å²) in [4.78, 5) is -0.254. The lowest BCUT2D eigenvalue weighted by Crippen LogP contribution is -2.19. The Bertz CT molecular complexity index is 564. The third kappa shape index (κ3) is 3.72. The van der Waals surface area contributed by atoms with Crippen LogP contribution in [-0.2, 0) is 10.0 Å². The molecule has 0 fully saturated rings. The first-order valence-electron chi connectivity index (χ1n) is 5.40. The van der Waals surface area contributed by atoms with Crippen molar-refractivity contribution in [2.24, 2.45) is 5.14 Å². The maximum atomic E-state index is 13.7. The molecule has 0 radical (unpaired) electrons. The van der Waals surface area contributed by atoms with Crippen LogP contribution >= 0.6 is 0 Å². The molecule has 1 aromatic rings. The lowest BCUT2D eigenvalue weighted by atomic mass is 10.1. The second-order valence-corrected chi connectivity index (χ2v) is 5.41. The normalized spacial score (nSPS) is 12.8. The standard InChI is InChI=1S/C12H15FN2O2S/c1-3-5-9(4-2)15-12-7-6-10(8-11(12)13)18(14,16)17/h1,6-9,15H,4-5H2,2H3,(H2,14,16,17). The number of halogens is 1. The number of nitrogens with two attached hydrogens (primary N) is 1. The quantitative estimate of drug-likeness (QED) is 0.800. The number of hydrogen-bond acceptors (Lipinski definition) is 3. The Kier molecular flexibility index (Phi) is 4.70. The molecule has 18 heavy (non-hydrogen) atoms. The fourth-order valence-electron chi connectivity index (χ4n) is 1.45. The number of anilines is 1. The first kappa shape index (κ1) is 14.5. The van der Waals surface area contributed by atoms with Crippen LogP contribution in [0.15, 0.2) is 23.1 Å². The van der Waals surface area contributed by atoms with Crippen LogP contribution in [-0.4, -0.2) is 14.5 Å². The number of terminal acetylenes is 1. The Hall–Kier alpha value is -1.58. The minimum Gasteiger partial charge on any atom is -0.379 e. The van der Waals surface area contributed by atoms with Gasteiger partial charge in [0.2, 0.25) is 10.0 Å². The fraction of sp³-hybridized carbons (Fsp3) is 0.333. The van der Waals surface area contributed by atoms with Crippen molar-refractivity contribution < 1.29 is 12.8 Å². The lowest BCUT2D eigenvalue weighted by Gasteiger charge is -2.16. The minimum absolute atomic E-state index is 0.0511. The molecule has 0 aliphatic carbocycles. The molecule has 1 unspecified atom stereocenters. The molecule has 6 heteroatoms. The van der Waals surface area contributed by atoms with Gasteiger partial charge in [-0.1, -0.05) is 6.92 Å². The summed E-state index contributed by atoms with van der Waals surface area (Å²) in [6, 6.07) is 3.43. The van der Waals surface area contributed by atoms with Crippen LogP contribution in [0.2, 0.25) is 0 Å². The van der Waals surface area contributed by atoms with Crippen molar-refractivity contribution in [2.45, 2.75) is 30.7 Å². The number of benzene rings is 1. The second-order valence-electron chi connectivity index (χ2n) is 3.84. The molecule has 1 atom stereocenters. The van der Waals surface area contributed by atoms with Gasteiger partial charge in [-0.2, -0.15) is 0 Å². The third-order valence-electron chi connectivity index (χ3n) is 2.49. The molecule has 4 nitrogen and oxygen atoms in total. The van der Waals surface area contributed by atoms with Crippen molar-refractivity contribution in [1.82, 2.24) is 0 Å². The Labute approximate surface area is 106 Å². The number of rotatable bonds is 5. The van der Waals surface area contributed by atoms with E-state index in [9.17, 15) is 12.8 Å². The van der Waals surface area contributed by atoms with Gasteiger partial charge < -0.3 is 5.32 Å². The zero-order valence-corrected chi connectivity index (χ0v) is 10.8. The molecule has 98 valence electrons.